The first-order chi connectivity index (χ1) is 9.66. The van der Waals surface area contributed by atoms with Gasteiger partial charge in [-0.05, 0) is 25.8 Å². The Bertz CT molecular complexity index is 408. The van der Waals surface area contributed by atoms with Gasteiger partial charge in [0.05, 0.1) is 5.69 Å². The van der Waals surface area contributed by atoms with Crippen molar-refractivity contribution in [2.45, 2.75) is 71.1 Å². The third-order valence-corrected chi connectivity index (χ3v) is 3.89. The van der Waals surface area contributed by atoms with E-state index in [9.17, 15) is 0 Å². The van der Waals surface area contributed by atoms with Crippen LogP contribution in [0.2, 0.25) is 0 Å². The molecule has 0 spiro atoms. The molecular weight excluding hydrogens is 250 g/mol. The molecule has 0 aromatic carbocycles. The summed E-state index contributed by atoms with van der Waals surface area (Å²) in [5.41, 5.74) is 0.800. The quantitative estimate of drug-likeness (QED) is 0.867. The van der Waals surface area contributed by atoms with Crippen LogP contribution in [0, 0.1) is 0 Å². The van der Waals surface area contributed by atoms with Crippen LogP contribution in [0.3, 0.4) is 0 Å². The molecule has 0 saturated heterocycles. The van der Waals surface area contributed by atoms with Gasteiger partial charge in [0.15, 0.2) is 5.82 Å². The molecule has 4 heteroatoms. The maximum atomic E-state index is 6.09. The molecule has 2 rings (SSSR count). The molecule has 0 atom stereocenters. The number of rotatable bonds is 6. The van der Waals surface area contributed by atoms with Crippen LogP contribution in [-0.4, -0.2) is 22.6 Å². The van der Waals surface area contributed by atoms with Crippen molar-refractivity contribution in [2.75, 3.05) is 6.61 Å². The molecule has 0 amide bonds. The fraction of sp³-hybridized carbons (Fsp3) is 0.750. The van der Waals surface area contributed by atoms with Crippen molar-refractivity contribution >= 4 is 0 Å². The summed E-state index contributed by atoms with van der Waals surface area (Å²) >= 11 is 0. The summed E-state index contributed by atoms with van der Waals surface area (Å²) < 4.78 is 6.09. The van der Waals surface area contributed by atoms with Gasteiger partial charge in [0.1, 0.15) is 5.60 Å². The van der Waals surface area contributed by atoms with Crippen LogP contribution >= 0.6 is 0 Å². The van der Waals surface area contributed by atoms with E-state index in [1.165, 1.54) is 19.3 Å². The maximum Gasteiger partial charge on any atom is 0.160 e. The van der Waals surface area contributed by atoms with Crippen LogP contribution in [0.15, 0.2) is 12.3 Å². The maximum absolute atomic E-state index is 6.09. The highest BCUT2D eigenvalue weighted by molar-refractivity contribution is 5.10. The van der Waals surface area contributed by atoms with Crippen LogP contribution in [0.25, 0.3) is 0 Å². The molecule has 0 radical (unpaired) electrons. The minimum Gasteiger partial charge on any atom is -0.367 e. The van der Waals surface area contributed by atoms with Crippen molar-refractivity contribution in [3.05, 3.63) is 23.8 Å². The standard InChI is InChI=1S/C16H27N3O/c1-4-20-16(9-6-5-7-10-16)15-17-11-8-14(19-15)12-18-13(2)3/h8,11,13,18H,4-7,9-10,12H2,1-3H3. The fourth-order valence-corrected chi connectivity index (χ4v) is 2.85. The Hall–Kier alpha value is -1.00. The van der Waals surface area contributed by atoms with Crippen molar-refractivity contribution < 1.29 is 4.74 Å². The van der Waals surface area contributed by atoms with E-state index in [0.29, 0.717) is 6.04 Å². The Morgan fingerprint density at radius 2 is 2.05 bits per heavy atom. The van der Waals surface area contributed by atoms with Crippen molar-refractivity contribution in [2.24, 2.45) is 0 Å². The van der Waals surface area contributed by atoms with Crippen LogP contribution in [0.1, 0.15) is 64.4 Å². The Labute approximate surface area is 122 Å². The van der Waals surface area contributed by atoms with Crippen LogP contribution in [-0.2, 0) is 16.9 Å². The summed E-state index contributed by atoms with van der Waals surface area (Å²) in [4.78, 5) is 9.28. The van der Waals surface area contributed by atoms with Gasteiger partial charge in [-0.25, -0.2) is 9.97 Å². The smallest absolute Gasteiger partial charge is 0.160 e. The molecule has 20 heavy (non-hydrogen) atoms. The van der Waals surface area contributed by atoms with Crippen molar-refractivity contribution in [3.8, 4) is 0 Å². The van der Waals surface area contributed by atoms with Gasteiger partial charge in [0, 0.05) is 25.4 Å². The Morgan fingerprint density at radius 1 is 1.30 bits per heavy atom. The molecule has 4 nitrogen and oxygen atoms in total. The Morgan fingerprint density at radius 3 is 2.70 bits per heavy atom. The minimum atomic E-state index is -0.249. The molecule has 0 unspecified atom stereocenters. The lowest BCUT2D eigenvalue weighted by molar-refractivity contribution is -0.0768. The SMILES string of the molecule is CCOC1(c2nccc(CNC(C)C)n2)CCCCC1. The third kappa shape index (κ3) is 3.76. The predicted molar refractivity (Wildman–Crippen MR) is 80.4 cm³/mol. The third-order valence-electron chi connectivity index (χ3n) is 3.89. The van der Waals surface area contributed by atoms with E-state index in [0.717, 1.165) is 37.5 Å². The molecule has 1 aliphatic rings. The number of aromatic nitrogens is 2. The number of nitrogens with zero attached hydrogens (tertiary/aromatic N) is 2. The van der Waals surface area contributed by atoms with Gasteiger partial charge in [0.2, 0.25) is 0 Å². The van der Waals surface area contributed by atoms with Crippen LogP contribution in [0.4, 0.5) is 0 Å². The first-order valence-electron chi connectivity index (χ1n) is 7.86. The fourth-order valence-electron chi connectivity index (χ4n) is 2.85. The minimum absolute atomic E-state index is 0.249. The van der Waals surface area contributed by atoms with E-state index >= 15 is 0 Å². The molecule has 112 valence electrons. The van der Waals surface area contributed by atoms with Crippen LogP contribution < -0.4 is 5.32 Å². The van der Waals surface area contributed by atoms with E-state index < -0.39 is 0 Å². The number of hydrogen-bond acceptors (Lipinski definition) is 4. The second-order valence-electron chi connectivity index (χ2n) is 5.90. The van der Waals surface area contributed by atoms with Gasteiger partial charge in [-0.3, -0.25) is 0 Å². The van der Waals surface area contributed by atoms with Gasteiger partial charge in [-0.15, -0.1) is 0 Å². The summed E-state index contributed by atoms with van der Waals surface area (Å²) in [6.07, 6.45) is 7.66. The molecule has 1 N–H and O–H groups in total. The highest BCUT2D eigenvalue weighted by Crippen LogP contribution is 2.38. The van der Waals surface area contributed by atoms with Crippen molar-refractivity contribution in [1.82, 2.24) is 15.3 Å². The van der Waals surface area contributed by atoms with E-state index in [1.807, 2.05) is 12.3 Å². The topological polar surface area (TPSA) is 47.0 Å². The second-order valence-corrected chi connectivity index (χ2v) is 5.90. The molecule has 1 fully saturated rings. The van der Waals surface area contributed by atoms with Gasteiger partial charge < -0.3 is 10.1 Å². The van der Waals surface area contributed by atoms with E-state index in [2.05, 4.69) is 31.1 Å². The zero-order chi connectivity index (χ0) is 14.4. The average Bonchev–Trinajstić information content (AvgIpc) is 2.47. The number of hydrogen-bond donors (Lipinski definition) is 1. The number of ether oxygens (including phenoxy) is 1. The van der Waals surface area contributed by atoms with Crippen LogP contribution in [0.5, 0.6) is 0 Å². The van der Waals surface area contributed by atoms with Gasteiger partial charge in [-0.2, -0.15) is 0 Å². The average molecular weight is 277 g/mol. The summed E-state index contributed by atoms with van der Waals surface area (Å²) in [5.74, 6) is 0.877. The molecule has 0 aliphatic heterocycles. The van der Waals surface area contributed by atoms with Gasteiger partial charge >= 0.3 is 0 Å². The normalized spacial score (nSPS) is 18.4. The lowest BCUT2D eigenvalue weighted by Crippen LogP contribution is -2.35. The summed E-state index contributed by atoms with van der Waals surface area (Å²) in [6, 6.07) is 2.45. The highest BCUT2D eigenvalue weighted by atomic mass is 16.5. The first-order valence-corrected chi connectivity index (χ1v) is 7.86. The summed E-state index contributed by atoms with van der Waals surface area (Å²) in [6.45, 7) is 7.85. The zero-order valence-electron chi connectivity index (χ0n) is 13.0. The molecule has 1 aromatic rings. The zero-order valence-corrected chi connectivity index (χ0v) is 13.0. The number of nitrogens with one attached hydrogen (secondary N) is 1. The molecule has 1 aliphatic carbocycles. The van der Waals surface area contributed by atoms with Crippen molar-refractivity contribution in [3.63, 3.8) is 0 Å². The van der Waals surface area contributed by atoms with Gasteiger partial charge in [-0.1, -0.05) is 33.1 Å². The largest absolute Gasteiger partial charge is 0.367 e. The molecule has 1 aromatic heterocycles. The summed E-state index contributed by atoms with van der Waals surface area (Å²) in [5, 5.41) is 3.41. The Balaban J connectivity index is 2.18. The monoisotopic (exact) mass is 277 g/mol. The molecule has 1 saturated carbocycles. The highest BCUT2D eigenvalue weighted by Gasteiger charge is 2.37. The van der Waals surface area contributed by atoms with Gasteiger partial charge in [0.25, 0.3) is 0 Å². The lowest BCUT2D eigenvalue weighted by atomic mass is 9.83. The first kappa shape index (κ1) is 15.4. The van der Waals surface area contributed by atoms with E-state index in [1.54, 1.807) is 0 Å². The van der Waals surface area contributed by atoms with Crippen molar-refractivity contribution in [1.29, 1.82) is 0 Å². The molecule has 0 bridgehead atoms. The Kier molecular flexibility index (Phi) is 5.49. The lowest BCUT2D eigenvalue weighted by Gasteiger charge is -2.35. The molecule has 1 heterocycles. The second kappa shape index (κ2) is 7.14. The van der Waals surface area contributed by atoms with E-state index in [-0.39, 0.29) is 5.60 Å². The molecular formula is C16H27N3O. The predicted octanol–water partition coefficient (Wildman–Crippen LogP) is 3.17. The van der Waals surface area contributed by atoms with E-state index in [4.69, 9.17) is 9.72 Å². The summed E-state index contributed by atoms with van der Waals surface area (Å²) in [7, 11) is 0.